The monoisotopic (exact) mass is 952 g/mol. The SMILES string of the molecule is CC1CC1(Cl)Cl.Cc1cc(Cl)ccn1.Cc1ccc(Cl)cn1.Cc1cccc(Cl)n1.Cc1ccccn1.Cc1csc(Cl)n1.Cc1ncccc1Cl.Cc1ncccn1. The second-order valence-corrected chi connectivity index (χ2v) is 16.9. The quantitative estimate of drug-likeness (QED) is 0.109. The Kier molecular flexibility index (Phi) is 27.7. The van der Waals surface area contributed by atoms with Crippen molar-refractivity contribution >= 4 is 92.5 Å². The van der Waals surface area contributed by atoms with Crippen molar-refractivity contribution in [3.8, 4) is 0 Å². The van der Waals surface area contributed by atoms with Crippen LogP contribution in [-0.4, -0.2) is 44.2 Å². The molecule has 0 radical (unpaired) electrons. The van der Waals surface area contributed by atoms with E-state index in [9.17, 15) is 0 Å². The molecular weight excluding hydrogens is 909 g/mol. The molecule has 8 nitrogen and oxygen atoms in total. The molecule has 0 bridgehead atoms. The molecule has 1 aliphatic carbocycles. The van der Waals surface area contributed by atoms with Gasteiger partial charge < -0.3 is 0 Å². The smallest absolute Gasteiger partial charge is 0.183 e. The van der Waals surface area contributed by atoms with Gasteiger partial charge in [-0.3, -0.25) is 19.9 Å². The van der Waals surface area contributed by atoms with E-state index in [0.717, 1.165) is 56.5 Å². The first-order valence-electron chi connectivity index (χ1n) is 17.8. The van der Waals surface area contributed by atoms with Crippen molar-refractivity contribution < 1.29 is 0 Å². The summed E-state index contributed by atoms with van der Waals surface area (Å²) < 4.78 is 0.275. The summed E-state index contributed by atoms with van der Waals surface area (Å²) in [4.78, 5) is 31.4. The molecule has 16 heteroatoms. The lowest BCUT2D eigenvalue weighted by Gasteiger charge is -1.90. The number of alkyl halides is 2. The van der Waals surface area contributed by atoms with E-state index in [1.807, 2.05) is 121 Å². The van der Waals surface area contributed by atoms with Gasteiger partial charge in [0.05, 0.1) is 15.7 Å². The molecule has 59 heavy (non-hydrogen) atoms. The van der Waals surface area contributed by atoms with Gasteiger partial charge >= 0.3 is 0 Å². The second-order valence-electron chi connectivity index (χ2n) is 12.3. The van der Waals surface area contributed by atoms with Crippen LogP contribution in [0.4, 0.5) is 0 Å². The molecule has 0 amide bonds. The standard InChI is InChI=1S/4C6H6ClN.C6H7N.C5H6N2.C4H6Cl2.C4H4ClNS/c1-5-4-6(7)2-3-8-5;1-5-2-3-6(7)4-8-5;1-5-6(7)3-2-4-8-5;1-5-3-2-4-6(7)8-5;1-6-4-2-3-5-7-6;1-5-6-3-2-4-7-5;1-3-2-4(3,5)6;1-3-2-7-4(5)6-3/h4*2-4H,1H3;2-5H,1H3;2-4H,1H3;3H,2H2,1H3;2H,1H3. The highest BCUT2D eigenvalue weighted by molar-refractivity contribution is 7.13. The lowest BCUT2D eigenvalue weighted by atomic mass is 10.4. The number of pyridine rings is 5. The molecule has 0 aliphatic heterocycles. The van der Waals surface area contributed by atoms with Gasteiger partial charge in [-0.2, -0.15) is 0 Å². The maximum Gasteiger partial charge on any atom is 0.183 e. The highest BCUT2D eigenvalue weighted by Gasteiger charge is 2.47. The Morgan fingerprint density at radius 2 is 1.14 bits per heavy atom. The first-order valence-corrected chi connectivity index (χ1v) is 21.3. The van der Waals surface area contributed by atoms with Gasteiger partial charge in [0, 0.05) is 76.1 Å². The number of nitrogens with zero attached hydrogens (tertiary/aromatic N) is 8. The molecule has 7 aromatic rings. The van der Waals surface area contributed by atoms with Crippen LogP contribution in [0.3, 0.4) is 0 Å². The van der Waals surface area contributed by atoms with Crippen LogP contribution in [0.2, 0.25) is 24.7 Å². The van der Waals surface area contributed by atoms with Gasteiger partial charge in [-0.25, -0.2) is 19.9 Å². The average molecular weight is 956 g/mol. The zero-order valence-electron chi connectivity index (χ0n) is 34.0. The summed E-state index contributed by atoms with van der Waals surface area (Å²) in [6.45, 7) is 15.4. The van der Waals surface area contributed by atoms with Crippen molar-refractivity contribution in [3.63, 3.8) is 0 Å². The third-order valence-electron chi connectivity index (χ3n) is 6.77. The summed E-state index contributed by atoms with van der Waals surface area (Å²) >= 11 is 40.4. The van der Waals surface area contributed by atoms with Crippen molar-refractivity contribution in [3.05, 3.63) is 186 Å². The zero-order chi connectivity index (χ0) is 44.2. The van der Waals surface area contributed by atoms with Crippen molar-refractivity contribution in [2.75, 3.05) is 0 Å². The molecule has 0 spiro atoms. The molecule has 0 aromatic carbocycles. The van der Waals surface area contributed by atoms with Gasteiger partial charge in [-0.15, -0.1) is 34.5 Å². The van der Waals surface area contributed by atoms with E-state index in [4.69, 9.17) is 81.2 Å². The molecule has 314 valence electrons. The molecule has 1 saturated carbocycles. The third-order valence-corrected chi connectivity index (χ3v) is 9.99. The van der Waals surface area contributed by atoms with Gasteiger partial charge in [-0.1, -0.05) is 77.1 Å². The Labute approximate surface area is 387 Å². The summed E-state index contributed by atoms with van der Waals surface area (Å²) in [6.07, 6.45) is 11.3. The summed E-state index contributed by atoms with van der Waals surface area (Å²) in [7, 11) is 0. The van der Waals surface area contributed by atoms with Crippen LogP contribution >= 0.6 is 92.5 Å². The van der Waals surface area contributed by atoms with Crippen LogP contribution < -0.4 is 0 Å². The second kappa shape index (κ2) is 30.5. The zero-order valence-corrected chi connectivity index (χ0v) is 40.1. The molecule has 1 fully saturated rings. The van der Waals surface area contributed by atoms with Crippen molar-refractivity contribution in [1.82, 2.24) is 39.9 Å². The van der Waals surface area contributed by atoms with E-state index in [1.165, 1.54) is 11.3 Å². The van der Waals surface area contributed by atoms with Gasteiger partial charge in [0.1, 0.15) is 15.3 Å². The van der Waals surface area contributed by atoms with Gasteiger partial charge in [0.25, 0.3) is 0 Å². The Hall–Kier alpha value is -3.51. The Bertz CT molecular complexity index is 1970. The minimum absolute atomic E-state index is 0.347. The number of thiazole rings is 1. The highest BCUT2D eigenvalue weighted by atomic mass is 35.5. The van der Waals surface area contributed by atoms with Crippen LogP contribution in [-0.2, 0) is 0 Å². The van der Waals surface area contributed by atoms with Crippen molar-refractivity contribution in [2.24, 2.45) is 5.92 Å². The Balaban J connectivity index is 0.000000338. The van der Waals surface area contributed by atoms with Gasteiger partial charge in [-0.05, 0) is 128 Å². The number of aryl methyl sites for hydroxylation is 7. The summed E-state index contributed by atoms with van der Waals surface area (Å²) in [5.74, 6) is 1.35. The largest absolute Gasteiger partial charge is 0.262 e. The predicted octanol–water partition coefficient (Wildman–Crippen LogP) is 14.7. The molecule has 1 atom stereocenters. The van der Waals surface area contributed by atoms with Crippen molar-refractivity contribution in [2.45, 2.75) is 66.1 Å². The summed E-state index contributed by atoms with van der Waals surface area (Å²) in [5.41, 5.74) is 5.86. The lowest BCUT2D eigenvalue weighted by Crippen LogP contribution is -1.81. The molecule has 1 unspecified atom stereocenters. The number of rotatable bonds is 0. The normalized spacial score (nSPS) is 12.2. The van der Waals surface area contributed by atoms with E-state index < -0.39 is 0 Å². The third kappa shape index (κ3) is 29.4. The number of aromatic nitrogens is 8. The maximum absolute atomic E-state index is 5.65. The highest BCUT2D eigenvalue weighted by Crippen LogP contribution is 2.52. The predicted molar refractivity (Wildman–Crippen MR) is 252 cm³/mol. The fourth-order valence-corrected chi connectivity index (χ4v) is 5.33. The van der Waals surface area contributed by atoms with E-state index in [1.54, 1.807) is 55.4 Å². The molecule has 8 rings (SSSR count). The van der Waals surface area contributed by atoms with E-state index in [-0.39, 0.29) is 4.33 Å². The Morgan fingerprint density at radius 1 is 0.542 bits per heavy atom. The van der Waals surface area contributed by atoms with Crippen LogP contribution in [0.5, 0.6) is 0 Å². The van der Waals surface area contributed by atoms with E-state index in [2.05, 4.69) is 39.9 Å². The first-order chi connectivity index (χ1) is 27.9. The lowest BCUT2D eigenvalue weighted by molar-refractivity contribution is 0.963. The first kappa shape index (κ1) is 53.5. The molecular formula is C43H47Cl7N8S. The fourth-order valence-electron chi connectivity index (χ4n) is 3.43. The van der Waals surface area contributed by atoms with Crippen LogP contribution in [0.25, 0.3) is 0 Å². The molecule has 7 aromatic heterocycles. The minimum atomic E-state index is -0.347. The summed E-state index contributed by atoms with van der Waals surface area (Å²) in [6, 6.07) is 24.1. The molecule has 1 aliphatic rings. The topological polar surface area (TPSA) is 103 Å². The minimum Gasteiger partial charge on any atom is -0.262 e. The number of hydrogen-bond acceptors (Lipinski definition) is 9. The van der Waals surface area contributed by atoms with Crippen molar-refractivity contribution in [1.29, 1.82) is 0 Å². The molecule has 0 saturated heterocycles. The summed E-state index contributed by atoms with van der Waals surface area (Å²) in [5, 5.41) is 4.65. The van der Waals surface area contributed by atoms with E-state index >= 15 is 0 Å². The van der Waals surface area contributed by atoms with Gasteiger partial charge in [0.2, 0.25) is 0 Å². The number of halogens is 7. The molecule has 7 heterocycles. The van der Waals surface area contributed by atoms with E-state index in [0.29, 0.717) is 20.6 Å². The number of hydrogen-bond donors (Lipinski definition) is 0. The maximum atomic E-state index is 5.65. The van der Waals surface area contributed by atoms with Crippen LogP contribution in [0.1, 0.15) is 53.3 Å². The Morgan fingerprint density at radius 3 is 1.42 bits per heavy atom. The van der Waals surface area contributed by atoms with Crippen LogP contribution in [0.15, 0.2) is 121 Å². The van der Waals surface area contributed by atoms with Gasteiger partial charge in [0.15, 0.2) is 4.47 Å². The van der Waals surface area contributed by atoms with Crippen LogP contribution in [0, 0.1) is 54.4 Å². The molecule has 0 N–H and O–H groups in total. The average Bonchev–Trinajstić information content (AvgIpc) is 3.54. The fraction of sp³-hybridized carbons (Fsp3) is 0.256.